The van der Waals surface area contributed by atoms with Crippen LogP contribution in [0.1, 0.15) is 10.4 Å². The predicted molar refractivity (Wildman–Crippen MR) is 51.8 cm³/mol. The lowest BCUT2D eigenvalue weighted by molar-refractivity contribution is -0.136. The van der Waals surface area contributed by atoms with Crippen molar-refractivity contribution in [2.45, 2.75) is 17.6 Å². The lowest BCUT2D eigenvalue weighted by Gasteiger charge is -1.91. The van der Waals surface area contributed by atoms with E-state index in [1.54, 1.807) is 6.92 Å². The standard InChI is InChI=1S/C7H9NO4S2/c1-4-2-7(14(8,11)12)13-5(4)3-6(9)10/h2H,3H2,1H3,(H,9,10)(H2,8,11,12). The molecule has 0 fully saturated rings. The number of carboxylic acid groups (broad SMARTS) is 1. The highest BCUT2D eigenvalue weighted by Gasteiger charge is 2.15. The lowest BCUT2D eigenvalue weighted by atomic mass is 10.2. The third-order valence-electron chi connectivity index (χ3n) is 1.59. The maximum Gasteiger partial charge on any atom is 0.308 e. The summed E-state index contributed by atoms with van der Waals surface area (Å²) in [5, 5.41) is 13.4. The molecule has 0 aromatic carbocycles. The van der Waals surface area contributed by atoms with Gasteiger partial charge in [-0.15, -0.1) is 11.3 Å². The number of rotatable bonds is 3. The lowest BCUT2D eigenvalue weighted by Crippen LogP contribution is -2.09. The van der Waals surface area contributed by atoms with Gasteiger partial charge in [-0.25, -0.2) is 13.6 Å². The van der Waals surface area contributed by atoms with E-state index in [1.165, 1.54) is 6.07 Å². The molecule has 0 saturated carbocycles. The first kappa shape index (κ1) is 11.2. The van der Waals surface area contributed by atoms with Gasteiger partial charge >= 0.3 is 5.97 Å². The Labute approximate surface area is 85.2 Å². The molecule has 1 aromatic heterocycles. The quantitative estimate of drug-likeness (QED) is 0.788. The van der Waals surface area contributed by atoms with Crippen LogP contribution >= 0.6 is 11.3 Å². The maximum atomic E-state index is 10.9. The highest BCUT2D eigenvalue weighted by Crippen LogP contribution is 2.25. The summed E-state index contributed by atoms with van der Waals surface area (Å²) in [5.41, 5.74) is 0.640. The Kier molecular flexibility index (Phi) is 2.93. The van der Waals surface area contributed by atoms with Gasteiger partial charge in [0.1, 0.15) is 4.21 Å². The number of nitrogens with two attached hydrogens (primary N) is 1. The molecule has 0 atom stereocenters. The Balaban J connectivity index is 3.12. The van der Waals surface area contributed by atoms with Crippen LogP contribution in [-0.2, 0) is 21.2 Å². The van der Waals surface area contributed by atoms with Crippen LogP contribution in [0, 0.1) is 6.92 Å². The minimum absolute atomic E-state index is 0.00579. The van der Waals surface area contributed by atoms with Crippen molar-refractivity contribution in [3.05, 3.63) is 16.5 Å². The van der Waals surface area contributed by atoms with Crippen molar-refractivity contribution in [1.82, 2.24) is 0 Å². The first-order valence-corrected chi connectivity index (χ1v) is 6.01. The topological polar surface area (TPSA) is 97.5 Å². The fourth-order valence-corrected chi connectivity index (χ4v) is 2.94. The summed E-state index contributed by atoms with van der Waals surface area (Å²) in [6, 6.07) is 1.39. The van der Waals surface area contributed by atoms with Crippen LogP contribution in [0.5, 0.6) is 0 Å². The van der Waals surface area contributed by atoms with Crippen molar-refractivity contribution in [3.63, 3.8) is 0 Å². The van der Waals surface area contributed by atoms with Gasteiger partial charge in [-0.05, 0) is 18.6 Å². The van der Waals surface area contributed by atoms with Crippen LogP contribution < -0.4 is 5.14 Å². The third-order valence-corrected chi connectivity index (χ3v) is 4.25. The number of sulfonamides is 1. The molecule has 5 nitrogen and oxygen atoms in total. The molecule has 0 radical (unpaired) electrons. The summed E-state index contributed by atoms with van der Waals surface area (Å²) in [6.07, 6.45) is -0.175. The molecule has 3 N–H and O–H groups in total. The molecule has 1 heterocycles. The fraction of sp³-hybridized carbons (Fsp3) is 0.286. The van der Waals surface area contributed by atoms with Gasteiger partial charge in [0.25, 0.3) is 0 Å². The van der Waals surface area contributed by atoms with Gasteiger partial charge < -0.3 is 5.11 Å². The summed E-state index contributed by atoms with van der Waals surface area (Å²) in [7, 11) is -3.71. The molecule has 0 aliphatic carbocycles. The van der Waals surface area contributed by atoms with Crippen LogP contribution in [0.25, 0.3) is 0 Å². The number of hydrogen-bond acceptors (Lipinski definition) is 4. The molecular weight excluding hydrogens is 226 g/mol. The maximum absolute atomic E-state index is 10.9. The van der Waals surface area contributed by atoms with Crippen LogP contribution in [0.2, 0.25) is 0 Å². The van der Waals surface area contributed by atoms with E-state index in [1.807, 2.05) is 0 Å². The molecule has 0 aliphatic heterocycles. The van der Waals surface area contributed by atoms with Gasteiger partial charge in [0.05, 0.1) is 6.42 Å². The van der Waals surface area contributed by atoms with Crippen molar-refractivity contribution in [3.8, 4) is 0 Å². The molecule has 0 unspecified atom stereocenters. The van der Waals surface area contributed by atoms with E-state index >= 15 is 0 Å². The summed E-state index contributed by atoms with van der Waals surface area (Å²) in [6.45, 7) is 1.66. The SMILES string of the molecule is Cc1cc(S(N)(=O)=O)sc1CC(=O)O. The van der Waals surface area contributed by atoms with Crippen LogP contribution in [0.4, 0.5) is 0 Å². The average molecular weight is 235 g/mol. The molecule has 7 heteroatoms. The Morgan fingerprint density at radius 2 is 2.21 bits per heavy atom. The molecule has 0 aliphatic rings. The smallest absolute Gasteiger partial charge is 0.308 e. The summed E-state index contributed by atoms with van der Waals surface area (Å²) >= 11 is 0.901. The van der Waals surface area contributed by atoms with E-state index in [0.29, 0.717) is 10.4 Å². The van der Waals surface area contributed by atoms with Crippen molar-refractivity contribution in [2.24, 2.45) is 5.14 Å². The zero-order valence-electron chi connectivity index (χ0n) is 7.35. The van der Waals surface area contributed by atoms with E-state index in [0.717, 1.165) is 11.3 Å². The summed E-state index contributed by atoms with van der Waals surface area (Å²) in [5.74, 6) is -0.990. The van der Waals surface area contributed by atoms with Gasteiger partial charge in [0.15, 0.2) is 0 Å². The first-order chi connectivity index (χ1) is 6.30. The second-order valence-electron chi connectivity index (χ2n) is 2.79. The molecule has 14 heavy (non-hydrogen) atoms. The molecular formula is C7H9NO4S2. The van der Waals surface area contributed by atoms with E-state index in [-0.39, 0.29) is 10.6 Å². The van der Waals surface area contributed by atoms with Crippen LogP contribution in [-0.4, -0.2) is 19.5 Å². The Morgan fingerprint density at radius 1 is 1.64 bits per heavy atom. The largest absolute Gasteiger partial charge is 0.481 e. The molecule has 0 spiro atoms. The molecule has 0 saturated heterocycles. The van der Waals surface area contributed by atoms with Crippen LogP contribution in [0.15, 0.2) is 10.3 Å². The van der Waals surface area contributed by atoms with Gasteiger partial charge in [-0.2, -0.15) is 0 Å². The predicted octanol–water partition coefficient (Wildman–Crippen LogP) is 0.331. The number of hydrogen-bond donors (Lipinski definition) is 2. The minimum atomic E-state index is -3.71. The summed E-state index contributed by atoms with van der Waals surface area (Å²) < 4.78 is 21.9. The van der Waals surface area contributed by atoms with Gasteiger partial charge in [0, 0.05) is 4.88 Å². The molecule has 0 amide bonds. The molecule has 1 aromatic rings. The zero-order valence-corrected chi connectivity index (χ0v) is 8.98. The Morgan fingerprint density at radius 3 is 2.57 bits per heavy atom. The van der Waals surface area contributed by atoms with E-state index in [9.17, 15) is 13.2 Å². The van der Waals surface area contributed by atoms with Crippen molar-refractivity contribution in [2.75, 3.05) is 0 Å². The first-order valence-electron chi connectivity index (χ1n) is 3.64. The molecule has 78 valence electrons. The van der Waals surface area contributed by atoms with Crippen molar-refractivity contribution >= 4 is 27.3 Å². The van der Waals surface area contributed by atoms with E-state index in [2.05, 4.69) is 0 Å². The van der Waals surface area contributed by atoms with Crippen molar-refractivity contribution < 1.29 is 18.3 Å². The van der Waals surface area contributed by atoms with E-state index in [4.69, 9.17) is 10.2 Å². The van der Waals surface area contributed by atoms with Crippen LogP contribution in [0.3, 0.4) is 0 Å². The second kappa shape index (κ2) is 3.68. The number of aryl methyl sites for hydroxylation is 1. The Hall–Kier alpha value is -0.920. The fourth-order valence-electron chi connectivity index (χ4n) is 0.942. The number of carboxylic acids is 1. The second-order valence-corrected chi connectivity index (χ2v) is 5.71. The van der Waals surface area contributed by atoms with Gasteiger partial charge in [0.2, 0.25) is 10.0 Å². The zero-order chi connectivity index (χ0) is 10.9. The third kappa shape index (κ3) is 2.53. The molecule has 1 rings (SSSR count). The van der Waals surface area contributed by atoms with Gasteiger partial charge in [-0.1, -0.05) is 0 Å². The highest BCUT2D eigenvalue weighted by atomic mass is 32.2. The Bertz CT molecular complexity index is 460. The number of primary sulfonamides is 1. The average Bonchev–Trinajstić information content (AvgIpc) is 2.30. The number of aliphatic carboxylic acids is 1. The highest BCUT2D eigenvalue weighted by molar-refractivity contribution is 7.91. The van der Waals surface area contributed by atoms with E-state index < -0.39 is 16.0 Å². The normalized spacial score (nSPS) is 11.6. The summed E-state index contributed by atoms with van der Waals surface area (Å²) in [4.78, 5) is 10.9. The molecule has 0 bridgehead atoms. The number of thiophene rings is 1. The number of carbonyl (C=O) groups is 1. The van der Waals surface area contributed by atoms with Crippen molar-refractivity contribution in [1.29, 1.82) is 0 Å². The van der Waals surface area contributed by atoms with Gasteiger partial charge in [-0.3, -0.25) is 4.79 Å². The minimum Gasteiger partial charge on any atom is -0.481 e. The monoisotopic (exact) mass is 235 g/mol.